The Morgan fingerprint density at radius 1 is 1.17 bits per heavy atom. The molecule has 2 aliphatic heterocycles. The lowest BCUT2D eigenvalue weighted by molar-refractivity contribution is -0.133. The van der Waals surface area contributed by atoms with Gasteiger partial charge in [-0.1, -0.05) is 42.9 Å². The zero-order chi connectivity index (χ0) is 35.7. The molecule has 260 valence electrons. The Hall–Kier alpha value is -3.69. The van der Waals surface area contributed by atoms with Gasteiger partial charge in [0.1, 0.15) is 46.4 Å². The van der Waals surface area contributed by atoms with Crippen LogP contribution in [0.3, 0.4) is 0 Å². The van der Waals surface area contributed by atoms with Crippen molar-refractivity contribution in [2.24, 2.45) is 23.7 Å². The molecule has 48 heavy (non-hydrogen) atoms. The fourth-order valence-electron chi connectivity index (χ4n) is 8.60. The van der Waals surface area contributed by atoms with Gasteiger partial charge in [-0.15, -0.1) is 0 Å². The number of carbonyl (C=O) groups is 3. The number of carboxylic acids is 1. The number of ether oxygens (including phenoxy) is 2. The molecule has 9 nitrogen and oxygen atoms in total. The van der Waals surface area contributed by atoms with Crippen LogP contribution in [0.2, 0.25) is 0 Å². The first kappa shape index (κ1) is 35.6. The van der Waals surface area contributed by atoms with Crippen molar-refractivity contribution in [3.05, 3.63) is 63.8 Å². The maximum atomic E-state index is 15.0. The van der Waals surface area contributed by atoms with E-state index in [4.69, 9.17) is 9.47 Å². The van der Waals surface area contributed by atoms with E-state index in [1.54, 1.807) is 26.0 Å². The van der Waals surface area contributed by atoms with Gasteiger partial charge in [0.25, 0.3) is 0 Å². The Morgan fingerprint density at radius 2 is 1.83 bits per heavy atom. The Balaban J connectivity index is 1.87. The summed E-state index contributed by atoms with van der Waals surface area (Å²) in [6.07, 6.45) is 6.83. The van der Waals surface area contributed by atoms with Crippen LogP contribution in [0.4, 0.5) is 0 Å². The maximum absolute atomic E-state index is 15.0. The molecule has 1 aromatic rings. The topological polar surface area (TPSA) is 151 Å². The van der Waals surface area contributed by atoms with E-state index >= 15 is 4.79 Å². The molecular weight excluding hydrogens is 612 g/mol. The molecule has 0 amide bonds. The maximum Gasteiger partial charge on any atom is 0.330 e. The molecule has 0 radical (unpaired) electrons. The Morgan fingerprint density at radius 3 is 2.40 bits per heavy atom. The molecule has 2 unspecified atom stereocenters. The third-order valence-electron chi connectivity index (χ3n) is 11.3. The minimum Gasteiger partial charge on any atom is -0.507 e. The Kier molecular flexibility index (Phi) is 9.14. The van der Waals surface area contributed by atoms with E-state index < -0.39 is 58.3 Å². The number of hydrogen-bond donors (Lipinski definition) is 4. The molecule has 4 aliphatic rings. The molecule has 0 saturated heterocycles. The van der Waals surface area contributed by atoms with E-state index in [9.17, 15) is 30.0 Å². The summed E-state index contributed by atoms with van der Waals surface area (Å²) in [5.41, 5.74) is -0.926. The standard InChI is InChI=1S/C39H50O9/c1-19(2)10-13-25-33-29(28-24(20(3)4)14-15-38(9,47-33)35(28)43)32(42)30-31(41)26-16-23(18-40)17-27(37(7,8)46)39(26,48-34(25)30)22(6)12-11-21(5)36(44)45/h10-11,16,18,22-24,27-28,35,42-43,46H,3,12-15,17H2,1-2,4-9H3,(H,44,45)/b21-11-/t22-,23-,24?,27?,28-,35+,38-,39-/m1/s1. The number of Topliss-reactive ketones (excluding diaryl/α,β-unsaturated/α-hetero) is 1. The van der Waals surface area contributed by atoms with Crippen molar-refractivity contribution in [3.63, 3.8) is 0 Å². The van der Waals surface area contributed by atoms with Crippen LogP contribution >= 0.6 is 0 Å². The van der Waals surface area contributed by atoms with Gasteiger partial charge in [0, 0.05) is 45.9 Å². The molecule has 1 saturated carbocycles. The van der Waals surface area contributed by atoms with E-state index in [0.717, 1.165) is 17.4 Å². The van der Waals surface area contributed by atoms with Crippen LogP contribution in [-0.2, 0) is 16.0 Å². The first-order chi connectivity index (χ1) is 22.3. The van der Waals surface area contributed by atoms with E-state index in [0.29, 0.717) is 36.1 Å². The fourth-order valence-corrected chi connectivity index (χ4v) is 8.60. The summed E-state index contributed by atoms with van der Waals surface area (Å²) in [6, 6.07) is 0. The lowest BCUT2D eigenvalue weighted by atomic mass is 9.57. The number of phenols is 1. The quantitative estimate of drug-likeness (QED) is 0.134. The largest absolute Gasteiger partial charge is 0.507 e. The molecule has 0 aromatic heterocycles. The number of rotatable bonds is 9. The van der Waals surface area contributed by atoms with Gasteiger partial charge in [0.05, 0.1) is 5.60 Å². The summed E-state index contributed by atoms with van der Waals surface area (Å²) >= 11 is 0. The number of aliphatic hydroxyl groups excluding tert-OH is 1. The summed E-state index contributed by atoms with van der Waals surface area (Å²) in [4.78, 5) is 39.0. The molecule has 2 heterocycles. The van der Waals surface area contributed by atoms with Crippen molar-refractivity contribution in [1.29, 1.82) is 0 Å². The van der Waals surface area contributed by atoms with Gasteiger partial charge in [0.15, 0.2) is 5.78 Å². The van der Waals surface area contributed by atoms with Crippen molar-refractivity contribution in [2.45, 2.75) is 116 Å². The summed E-state index contributed by atoms with van der Waals surface area (Å²) in [5, 5.41) is 45.2. The molecule has 5 rings (SSSR count). The zero-order valence-electron chi connectivity index (χ0n) is 29.3. The number of phenolic OH excluding ortho intramolecular Hbond substituents is 1. The smallest absolute Gasteiger partial charge is 0.330 e. The van der Waals surface area contributed by atoms with Gasteiger partial charge in [-0.3, -0.25) is 4.79 Å². The molecule has 4 N–H and O–H groups in total. The number of aromatic hydroxyl groups is 1. The molecule has 9 heteroatoms. The minimum absolute atomic E-state index is 0.0660. The van der Waals surface area contributed by atoms with Crippen LogP contribution < -0.4 is 9.47 Å². The van der Waals surface area contributed by atoms with Gasteiger partial charge in [-0.2, -0.15) is 0 Å². The fraction of sp³-hybridized carbons (Fsp3) is 0.564. The predicted octanol–water partition coefficient (Wildman–Crippen LogP) is 6.39. The van der Waals surface area contributed by atoms with Crippen LogP contribution in [0.25, 0.3) is 0 Å². The van der Waals surface area contributed by atoms with E-state index in [-0.39, 0.29) is 47.0 Å². The molecule has 0 spiro atoms. The van der Waals surface area contributed by atoms with Crippen LogP contribution in [0, 0.1) is 23.7 Å². The normalized spacial score (nSPS) is 31.5. The molecular formula is C39H50O9. The van der Waals surface area contributed by atoms with Crippen LogP contribution in [0.1, 0.15) is 108 Å². The second kappa shape index (κ2) is 12.3. The highest BCUT2D eigenvalue weighted by atomic mass is 16.5. The Bertz CT molecular complexity index is 1650. The highest BCUT2D eigenvalue weighted by molar-refractivity contribution is 6.16. The second-order valence-corrected chi connectivity index (χ2v) is 15.5. The minimum atomic E-state index is -1.49. The third-order valence-corrected chi connectivity index (χ3v) is 11.3. The molecule has 8 atom stereocenters. The van der Waals surface area contributed by atoms with Gasteiger partial charge < -0.3 is 34.7 Å². The molecule has 1 fully saturated rings. The first-order valence-corrected chi connectivity index (χ1v) is 16.9. The number of aliphatic hydroxyl groups is 2. The van der Waals surface area contributed by atoms with Crippen LogP contribution in [0.15, 0.2) is 47.1 Å². The second-order valence-electron chi connectivity index (χ2n) is 15.5. The number of fused-ring (bicyclic) bond motifs is 6. The monoisotopic (exact) mass is 662 g/mol. The summed E-state index contributed by atoms with van der Waals surface area (Å²) in [7, 11) is 0. The summed E-state index contributed by atoms with van der Waals surface area (Å²) in [5.74, 6) is -4.22. The SMILES string of the molecule is C=C(C)C1CC[C@@]2(C)Oc3c(CC=C(C)C)c4c(c(O)c3[C@@H]1[C@@H]2O)C(=O)C1=C[C@@H](C=O)CC(C(C)(C)O)[C@]1([C@H](C)C/C=C(/C)C(=O)O)O4. The van der Waals surface area contributed by atoms with Gasteiger partial charge >= 0.3 is 5.97 Å². The highest BCUT2D eigenvalue weighted by Gasteiger charge is 2.62. The van der Waals surface area contributed by atoms with E-state index in [2.05, 4.69) is 6.58 Å². The summed E-state index contributed by atoms with van der Waals surface area (Å²) < 4.78 is 13.9. The lowest BCUT2D eigenvalue weighted by Gasteiger charge is -2.56. The third kappa shape index (κ3) is 5.53. The van der Waals surface area contributed by atoms with Gasteiger partial charge in [-0.25, -0.2) is 4.79 Å². The van der Waals surface area contributed by atoms with Crippen molar-refractivity contribution >= 4 is 18.0 Å². The van der Waals surface area contributed by atoms with E-state index in [1.807, 2.05) is 40.7 Å². The average Bonchev–Trinajstić information content (AvgIpc) is 2.99. The van der Waals surface area contributed by atoms with Gasteiger partial charge in [-0.05, 0) is 86.5 Å². The number of aldehydes is 1. The van der Waals surface area contributed by atoms with Crippen LogP contribution in [-0.4, -0.2) is 61.4 Å². The summed E-state index contributed by atoms with van der Waals surface area (Å²) in [6.45, 7) is 18.5. The van der Waals surface area contributed by atoms with Gasteiger partial charge in [0.2, 0.25) is 0 Å². The zero-order valence-corrected chi connectivity index (χ0v) is 29.3. The number of ketones is 1. The Labute approximate surface area is 283 Å². The molecule has 2 aliphatic carbocycles. The first-order valence-electron chi connectivity index (χ1n) is 16.9. The van der Waals surface area contributed by atoms with Crippen molar-refractivity contribution < 1.29 is 44.3 Å². The number of hydrogen-bond acceptors (Lipinski definition) is 8. The average molecular weight is 663 g/mol. The molecule has 2 bridgehead atoms. The molecule has 1 aromatic carbocycles. The lowest BCUT2D eigenvalue weighted by Crippen LogP contribution is -2.63. The number of benzene rings is 1. The van der Waals surface area contributed by atoms with Crippen molar-refractivity contribution in [2.75, 3.05) is 0 Å². The van der Waals surface area contributed by atoms with Crippen LogP contribution in [0.5, 0.6) is 17.2 Å². The van der Waals surface area contributed by atoms with Crippen molar-refractivity contribution in [1.82, 2.24) is 0 Å². The number of carbonyl (C=O) groups excluding carboxylic acids is 2. The predicted molar refractivity (Wildman–Crippen MR) is 181 cm³/mol. The van der Waals surface area contributed by atoms with Crippen molar-refractivity contribution in [3.8, 4) is 17.2 Å². The number of aliphatic carboxylic acids is 1. The van der Waals surface area contributed by atoms with E-state index in [1.165, 1.54) is 6.92 Å². The number of allylic oxidation sites excluding steroid dienone is 5. The highest BCUT2D eigenvalue weighted by Crippen LogP contribution is 2.63. The number of carboxylic acid groups (broad SMARTS) is 1.